The highest BCUT2D eigenvalue weighted by Gasteiger charge is 2.05. The molecule has 0 spiro atoms. The van der Waals surface area contributed by atoms with Crippen LogP contribution in [0, 0.1) is 5.92 Å². The lowest BCUT2D eigenvalue weighted by atomic mass is 10.1. The van der Waals surface area contributed by atoms with Crippen molar-refractivity contribution in [1.29, 1.82) is 0 Å². The maximum atomic E-state index is 11.1. The lowest BCUT2D eigenvalue weighted by Crippen LogP contribution is -2.27. The van der Waals surface area contributed by atoms with Gasteiger partial charge < -0.3 is 10.4 Å². The van der Waals surface area contributed by atoms with Crippen molar-refractivity contribution in [3.63, 3.8) is 0 Å². The van der Waals surface area contributed by atoms with Crippen LogP contribution in [-0.2, 0) is 4.79 Å². The molecule has 0 aliphatic rings. The van der Waals surface area contributed by atoms with Crippen molar-refractivity contribution in [2.75, 3.05) is 6.54 Å². The molecule has 0 aliphatic carbocycles. The molecule has 3 heteroatoms. The molecule has 0 rings (SSSR count). The summed E-state index contributed by atoms with van der Waals surface area (Å²) in [6.45, 7) is 6.54. The molecule has 78 valence electrons. The predicted octanol–water partition coefficient (Wildman–Crippen LogP) is 1.31. The highest BCUT2D eigenvalue weighted by atomic mass is 16.3. The van der Waals surface area contributed by atoms with Gasteiger partial charge in [-0.3, -0.25) is 4.79 Å². The van der Waals surface area contributed by atoms with E-state index in [1.165, 1.54) is 0 Å². The van der Waals surface area contributed by atoms with Crippen molar-refractivity contribution in [3.8, 4) is 0 Å². The lowest BCUT2D eigenvalue weighted by Gasteiger charge is -2.09. The van der Waals surface area contributed by atoms with E-state index in [-0.39, 0.29) is 12.0 Å². The van der Waals surface area contributed by atoms with Crippen LogP contribution in [-0.4, -0.2) is 23.7 Å². The van der Waals surface area contributed by atoms with Gasteiger partial charge in [0.1, 0.15) is 0 Å². The average molecular weight is 187 g/mol. The number of aliphatic hydroxyl groups is 1. The summed E-state index contributed by atoms with van der Waals surface area (Å²) in [5.74, 6) is 0.481. The topological polar surface area (TPSA) is 49.3 Å². The quantitative estimate of drug-likeness (QED) is 0.658. The fraction of sp³-hybridized carbons (Fsp3) is 0.900. The average Bonchev–Trinajstić information content (AvgIpc) is 2.02. The van der Waals surface area contributed by atoms with E-state index in [1.807, 2.05) is 20.8 Å². The number of carbonyl (C=O) groups is 1. The van der Waals surface area contributed by atoms with Gasteiger partial charge in [0.25, 0.3) is 0 Å². The van der Waals surface area contributed by atoms with Crippen LogP contribution < -0.4 is 5.32 Å². The van der Waals surface area contributed by atoms with Gasteiger partial charge in [-0.25, -0.2) is 0 Å². The summed E-state index contributed by atoms with van der Waals surface area (Å²) in [4.78, 5) is 11.1. The van der Waals surface area contributed by atoms with Crippen molar-refractivity contribution in [3.05, 3.63) is 0 Å². The maximum Gasteiger partial charge on any atom is 0.220 e. The van der Waals surface area contributed by atoms with E-state index >= 15 is 0 Å². The van der Waals surface area contributed by atoms with Crippen LogP contribution in [0.1, 0.15) is 40.0 Å². The minimum Gasteiger partial charge on any atom is -0.393 e. The number of aliphatic hydroxyl groups excluding tert-OH is 1. The first-order valence-electron chi connectivity index (χ1n) is 5.01. The Kier molecular flexibility index (Phi) is 6.59. The highest BCUT2D eigenvalue weighted by molar-refractivity contribution is 5.75. The highest BCUT2D eigenvalue weighted by Crippen LogP contribution is 1.99. The fourth-order valence-electron chi connectivity index (χ4n) is 1.03. The lowest BCUT2D eigenvalue weighted by molar-refractivity contribution is -0.121. The summed E-state index contributed by atoms with van der Waals surface area (Å²) in [7, 11) is 0. The molecular formula is C10H21NO2. The Bertz CT molecular complexity index is 146. The van der Waals surface area contributed by atoms with Gasteiger partial charge in [0.05, 0.1) is 6.10 Å². The minimum absolute atomic E-state index is 0.0818. The van der Waals surface area contributed by atoms with Crippen LogP contribution in [0.15, 0.2) is 0 Å². The summed E-state index contributed by atoms with van der Waals surface area (Å²) < 4.78 is 0. The first kappa shape index (κ1) is 12.4. The Morgan fingerprint density at radius 3 is 2.54 bits per heavy atom. The molecule has 0 bridgehead atoms. The van der Waals surface area contributed by atoms with E-state index in [0.717, 1.165) is 6.42 Å². The standard InChI is InChI=1S/C10H21NO2/c1-4-9(12)5-6-11-10(13)7-8(2)3/h8-9,12H,4-7H2,1-3H3,(H,11,13). The maximum absolute atomic E-state index is 11.1. The molecule has 1 amide bonds. The van der Waals surface area contributed by atoms with Crippen LogP contribution in [0.25, 0.3) is 0 Å². The zero-order chi connectivity index (χ0) is 10.3. The Labute approximate surface area is 80.5 Å². The van der Waals surface area contributed by atoms with E-state index in [1.54, 1.807) is 0 Å². The Hall–Kier alpha value is -0.570. The van der Waals surface area contributed by atoms with Gasteiger partial charge in [-0.1, -0.05) is 20.8 Å². The van der Waals surface area contributed by atoms with Crippen molar-refractivity contribution < 1.29 is 9.90 Å². The van der Waals surface area contributed by atoms with Gasteiger partial charge in [0, 0.05) is 13.0 Å². The molecule has 2 N–H and O–H groups in total. The molecule has 0 saturated carbocycles. The van der Waals surface area contributed by atoms with Gasteiger partial charge in [0.2, 0.25) is 5.91 Å². The van der Waals surface area contributed by atoms with E-state index in [0.29, 0.717) is 25.3 Å². The molecule has 0 aromatic heterocycles. The number of hydrogen-bond acceptors (Lipinski definition) is 2. The number of nitrogens with one attached hydrogen (secondary N) is 1. The Morgan fingerprint density at radius 1 is 1.46 bits per heavy atom. The van der Waals surface area contributed by atoms with Crippen molar-refractivity contribution in [1.82, 2.24) is 5.32 Å². The zero-order valence-corrected chi connectivity index (χ0v) is 8.84. The largest absolute Gasteiger partial charge is 0.393 e. The second-order valence-electron chi connectivity index (χ2n) is 3.80. The molecule has 1 unspecified atom stereocenters. The zero-order valence-electron chi connectivity index (χ0n) is 8.84. The Morgan fingerprint density at radius 2 is 2.08 bits per heavy atom. The predicted molar refractivity (Wildman–Crippen MR) is 53.4 cm³/mol. The summed E-state index contributed by atoms with van der Waals surface area (Å²) in [5, 5.41) is 12.0. The van der Waals surface area contributed by atoms with Gasteiger partial charge in [-0.2, -0.15) is 0 Å². The van der Waals surface area contributed by atoms with Gasteiger partial charge in [-0.05, 0) is 18.8 Å². The monoisotopic (exact) mass is 187 g/mol. The van der Waals surface area contributed by atoms with Crippen LogP contribution in [0.2, 0.25) is 0 Å². The molecule has 0 fully saturated rings. The van der Waals surface area contributed by atoms with Crippen molar-refractivity contribution in [2.24, 2.45) is 5.92 Å². The minimum atomic E-state index is -0.278. The molecular weight excluding hydrogens is 166 g/mol. The first-order chi connectivity index (χ1) is 6.06. The van der Waals surface area contributed by atoms with Crippen molar-refractivity contribution >= 4 is 5.91 Å². The van der Waals surface area contributed by atoms with E-state index in [9.17, 15) is 9.90 Å². The molecule has 0 aromatic rings. The van der Waals surface area contributed by atoms with E-state index in [4.69, 9.17) is 0 Å². The smallest absolute Gasteiger partial charge is 0.220 e. The van der Waals surface area contributed by atoms with Crippen LogP contribution in [0.5, 0.6) is 0 Å². The molecule has 0 aromatic carbocycles. The van der Waals surface area contributed by atoms with Gasteiger partial charge in [0.15, 0.2) is 0 Å². The van der Waals surface area contributed by atoms with Crippen LogP contribution in [0.4, 0.5) is 0 Å². The second kappa shape index (κ2) is 6.89. The Balaban J connectivity index is 3.37. The fourth-order valence-corrected chi connectivity index (χ4v) is 1.03. The number of amides is 1. The van der Waals surface area contributed by atoms with Gasteiger partial charge >= 0.3 is 0 Å². The summed E-state index contributed by atoms with van der Waals surface area (Å²) in [6, 6.07) is 0. The SMILES string of the molecule is CCC(O)CCNC(=O)CC(C)C. The summed E-state index contributed by atoms with van der Waals surface area (Å²) in [6.07, 6.45) is 1.70. The first-order valence-corrected chi connectivity index (χ1v) is 5.01. The second-order valence-corrected chi connectivity index (χ2v) is 3.80. The normalized spacial score (nSPS) is 13.0. The molecule has 1 atom stereocenters. The molecule has 0 radical (unpaired) electrons. The molecule has 3 nitrogen and oxygen atoms in total. The number of hydrogen-bond donors (Lipinski definition) is 2. The molecule has 13 heavy (non-hydrogen) atoms. The van der Waals surface area contributed by atoms with E-state index < -0.39 is 0 Å². The number of rotatable bonds is 6. The van der Waals surface area contributed by atoms with E-state index in [2.05, 4.69) is 5.32 Å². The molecule has 0 heterocycles. The van der Waals surface area contributed by atoms with Crippen LogP contribution in [0.3, 0.4) is 0 Å². The third-order valence-corrected chi connectivity index (χ3v) is 1.86. The van der Waals surface area contributed by atoms with Gasteiger partial charge in [-0.15, -0.1) is 0 Å². The summed E-state index contributed by atoms with van der Waals surface area (Å²) >= 11 is 0. The third kappa shape index (κ3) is 7.78. The number of carbonyl (C=O) groups excluding carboxylic acids is 1. The summed E-state index contributed by atoms with van der Waals surface area (Å²) in [5.41, 5.74) is 0. The molecule has 0 aliphatic heterocycles. The molecule has 0 saturated heterocycles. The third-order valence-electron chi connectivity index (χ3n) is 1.86. The van der Waals surface area contributed by atoms with Crippen LogP contribution >= 0.6 is 0 Å². The van der Waals surface area contributed by atoms with Crippen molar-refractivity contribution in [2.45, 2.75) is 46.1 Å².